The van der Waals surface area contributed by atoms with E-state index in [-0.39, 0.29) is 18.3 Å². The van der Waals surface area contributed by atoms with Crippen molar-refractivity contribution in [2.45, 2.75) is 44.7 Å². The summed E-state index contributed by atoms with van der Waals surface area (Å²) in [5, 5.41) is 18.2. The minimum atomic E-state index is -0.957. The number of nitrogens with zero attached hydrogens (tertiary/aromatic N) is 2. The first-order valence-electron chi connectivity index (χ1n) is 6.69. The molecule has 1 aliphatic heterocycles. The normalized spacial score (nSPS) is 19.8. The van der Waals surface area contributed by atoms with Gasteiger partial charge in [-0.1, -0.05) is 12.1 Å². The van der Waals surface area contributed by atoms with Gasteiger partial charge in [0.05, 0.1) is 12.5 Å². The molecule has 2 atom stereocenters. The van der Waals surface area contributed by atoms with Crippen LogP contribution in [0.5, 0.6) is 0 Å². The Balaban J connectivity index is 1.96. The van der Waals surface area contributed by atoms with Gasteiger partial charge in [-0.2, -0.15) is 4.98 Å². The lowest BCUT2D eigenvalue weighted by Gasteiger charge is -2.12. The third kappa shape index (κ3) is 3.53. The zero-order valence-electron chi connectivity index (χ0n) is 11.3. The Morgan fingerprint density at radius 1 is 1.60 bits per heavy atom. The van der Waals surface area contributed by atoms with Crippen LogP contribution in [0.4, 0.5) is 0 Å². The number of hydrogen-bond donors (Lipinski definition) is 3. The van der Waals surface area contributed by atoms with E-state index in [0.717, 1.165) is 19.4 Å². The fourth-order valence-electron chi connectivity index (χ4n) is 2.12. The molecule has 1 aromatic rings. The summed E-state index contributed by atoms with van der Waals surface area (Å²) in [7, 11) is 0. The predicted molar refractivity (Wildman–Crippen MR) is 68.1 cm³/mol. The van der Waals surface area contributed by atoms with E-state index in [1.54, 1.807) is 6.92 Å². The molecule has 0 aromatic carbocycles. The molecule has 0 aliphatic carbocycles. The van der Waals surface area contributed by atoms with Crippen molar-refractivity contribution in [3.63, 3.8) is 0 Å². The molecular weight excluding hydrogens is 264 g/mol. The highest BCUT2D eigenvalue weighted by Crippen LogP contribution is 2.21. The number of carboxylic acid groups (broad SMARTS) is 1. The number of carbonyl (C=O) groups is 2. The molecule has 0 bridgehead atoms. The van der Waals surface area contributed by atoms with E-state index in [4.69, 9.17) is 9.63 Å². The zero-order valence-corrected chi connectivity index (χ0v) is 11.3. The first-order chi connectivity index (χ1) is 9.60. The van der Waals surface area contributed by atoms with Gasteiger partial charge in [-0.25, -0.2) is 0 Å². The van der Waals surface area contributed by atoms with Gasteiger partial charge in [-0.05, 0) is 25.8 Å². The summed E-state index contributed by atoms with van der Waals surface area (Å²) < 4.78 is 5.07. The minimum Gasteiger partial charge on any atom is -0.481 e. The van der Waals surface area contributed by atoms with Crippen LogP contribution < -0.4 is 10.6 Å². The van der Waals surface area contributed by atoms with Gasteiger partial charge in [0, 0.05) is 6.04 Å². The molecule has 0 spiro atoms. The van der Waals surface area contributed by atoms with Crippen molar-refractivity contribution in [2.24, 2.45) is 0 Å². The van der Waals surface area contributed by atoms with E-state index in [2.05, 4.69) is 20.8 Å². The van der Waals surface area contributed by atoms with E-state index in [9.17, 15) is 9.59 Å². The minimum absolute atomic E-state index is 0.00467. The highest BCUT2D eigenvalue weighted by atomic mass is 16.5. The van der Waals surface area contributed by atoms with Crippen molar-refractivity contribution in [3.05, 3.63) is 11.7 Å². The van der Waals surface area contributed by atoms with Crippen molar-refractivity contribution in [1.29, 1.82) is 0 Å². The number of rotatable bonds is 6. The van der Waals surface area contributed by atoms with Gasteiger partial charge in [0.15, 0.2) is 0 Å². The smallest absolute Gasteiger partial charge is 0.305 e. The first-order valence-corrected chi connectivity index (χ1v) is 6.69. The maximum atomic E-state index is 11.9. The van der Waals surface area contributed by atoms with Gasteiger partial charge in [0.25, 0.3) is 11.7 Å². The Labute approximate surface area is 115 Å². The van der Waals surface area contributed by atoms with E-state index >= 15 is 0 Å². The van der Waals surface area contributed by atoms with E-state index in [1.165, 1.54) is 0 Å². The van der Waals surface area contributed by atoms with Gasteiger partial charge in [0.2, 0.25) is 5.89 Å². The van der Waals surface area contributed by atoms with Crippen LogP contribution in [0.2, 0.25) is 0 Å². The molecule has 0 radical (unpaired) electrons. The fraction of sp³-hybridized carbons (Fsp3) is 0.667. The molecule has 0 saturated carbocycles. The molecule has 2 unspecified atom stereocenters. The Morgan fingerprint density at radius 3 is 3.00 bits per heavy atom. The largest absolute Gasteiger partial charge is 0.481 e. The molecule has 20 heavy (non-hydrogen) atoms. The highest BCUT2D eigenvalue weighted by Gasteiger charge is 2.25. The van der Waals surface area contributed by atoms with Crippen LogP contribution in [0.25, 0.3) is 0 Å². The predicted octanol–water partition coefficient (Wildman–Crippen LogP) is 0.477. The topological polar surface area (TPSA) is 117 Å². The third-order valence-corrected chi connectivity index (χ3v) is 3.25. The monoisotopic (exact) mass is 282 g/mol. The summed E-state index contributed by atoms with van der Waals surface area (Å²) in [5.74, 6) is -1.12. The third-order valence-electron chi connectivity index (χ3n) is 3.25. The molecule has 110 valence electrons. The zero-order chi connectivity index (χ0) is 14.5. The standard InChI is InChI=1S/C12H18N4O4/c1-2-7(6-9(17)18)14-11(19)10-15-12(20-16-10)8-4-3-5-13-8/h7-8,13H,2-6H2,1H3,(H,14,19)(H,17,18). The van der Waals surface area contributed by atoms with Crippen LogP contribution in [-0.4, -0.2) is 39.7 Å². The average molecular weight is 282 g/mol. The van der Waals surface area contributed by atoms with Crippen molar-refractivity contribution in [1.82, 2.24) is 20.8 Å². The summed E-state index contributed by atoms with van der Waals surface area (Å²) in [5.41, 5.74) is 0. The van der Waals surface area contributed by atoms with Crippen LogP contribution in [0.1, 0.15) is 55.2 Å². The number of carboxylic acids is 1. The number of carbonyl (C=O) groups excluding carboxylic acids is 1. The number of aliphatic carboxylic acids is 1. The van der Waals surface area contributed by atoms with Crippen LogP contribution >= 0.6 is 0 Å². The fourth-order valence-corrected chi connectivity index (χ4v) is 2.12. The molecule has 1 saturated heterocycles. The van der Waals surface area contributed by atoms with Gasteiger partial charge in [-0.3, -0.25) is 9.59 Å². The Bertz CT molecular complexity index is 482. The van der Waals surface area contributed by atoms with Gasteiger partial charge >= 0.3 is 5.97 Å². The number of hydrogen-bond acceptors (Lipinski definition) is 6. The molecule has 1 amide bonds. The molecule has 2 rings (SSSR count). The van der Waals surface area contributed by atoms with Crippen LogP contribution in [0, 0.1) is 0 Å². The maximum absolute atomic E-state index is 11.9. The van der Waals surface area contributed by atoms with Gasteiger partial charge in [-0.15, -0.1) is 0 Å². The molecule has 1 fully saturated rings. The summed E-state index contributed by atoms with van der Waals surface area (Å²) >= 11 is 0. The average Bonchev–Trinajstić information content (AvgIpc) is 3.07. The molecule has 1 aromatic heterocycles. The summed E-state index contributed by atoms with van der Waals surface area (Å²) in [6.45, 7) is 2.70. The van der Waals surface area contributed by atoms with Gasteiger partial charge < -0.3 is 20.3 Å². The summed E-state index contributed by atoms with van der Waals surface area (Å²) in [6, 6.07) is -0.434. The van der Waals surface area contributed by atoms with Crippen molar-refractivity contribution < 1.29 is 19.2 Å². The number of amides is 1. The van der Waals surface area contributed by atoms with E-state index < -0.39 is 17.9 Å². The lowest BCUT2D eigenvalue weighted by molar-refractivity contribution is -0.137. The summed E-state index contributed by atoms with van der Waals surface area (Å²) in [4.78, 5) is 26.6. The van der Waals surface area contributed by atoms with Crippen LogP contribution in [-0.2, 0) is 4.79 Å². The highest BCUT2D eigenvalue weighted by molar-refractivity contribution is 5.90. The van der Waals surface area contributed by atoms with Crippen LogP contribution in [0.15, 0.2) is 4.52 Å². The first kappa shape index (κ1) is 14.4. The van der Waals surface area contributed by atoms with Crippen LogP contribution in [0.3, 0.4) is 0 Å². The second-order valence-corrected chi connectivity index (χ2v) is 4.78. The lowest BCUT2D eigenvalue weighted by Crippen LogP contribution is -2.36. The molecular formula is C12H18N4O4. The number of aromatic nitrogens is 2. The molecule has 8 heteroatoms. The second-order valence-electron chi connectivity index (χ2n) is 4.78. The lowest BCUT2D eigenvalue weighted by atomic mass is 10.1. The number of nitrogens with one attached hydrogen (secondary N) is 2. The molecule has 3 N–H and O–H groups in total. The van der Waals surface area contributed by atoms with Gasteiger partial charge in [0.1, 0.15) is 0 Å². The Hall–Kier alpha value is -1.96. The maximum Gasteiger partial charge on any atom is 0.305 e. The Kier molecular flexibility index (Phi) is 4.67. The summed E-state index contributed by atoms with van der Waals surface area (Å²) in [6.07, 6.45) is 2.33. The molecule has 2 heterocycles. The quantitative estimate of drug-likeness (QED) is 0.694. The van der Waals surface area contributed by atoms with Crippen molar-refractivity contribution in [2.75, 3.05) is 6.54 Å². The van der Waals surface area contributed by atoms with Crippen molar-refractivity contribution >= 4 is 11.9 Å². The molecule has 8 nitrogen and oxygen atoms in total. The Morgan fingerprint density at radius 2 is 2.40 bits per heavy atom. The van der Waals surface area contributed by atoms with Crippen molar-refractivity contribution in [3.8, 4) is 0 Å². The SMILES string of the molecule is CCC(CC(=O)O)NC(=O)c1noc(C2CCCN2)n1. The second kappa shape index (κ2) is 6.47. The molecule has 1 aliphatic rings. The van der Waals surface area contributed by atoms with E-state index in [0.29, 0.717) is 12.3 Å². The van der Waals surface area contributed by atoms with E-state index in [1.807, 2.05) is 0 Å².